The van der Waals surface area contributed by atoms with Crippen molar-refractivity contribution >= 4 is 11.9 Å². The van der Waals surface area contributed by atoms with Gasteiger partial charge in [-0.15, -0.1) is 0 Å². The number of nitro benzene ring substituents is 1. The minimum atomic E-state index is -0.424. The van der Waals surface area contributed by atoms with Crippen LogP contribution in [0.4, 0.5) is 5.69 Å². The van der Waals surface area contributed by atoms with Gasteiger partial charge in [-0.05, 0) is 22.8 Å². The Morgan fingerprint density at radius 3 is 2.35 bits per heavy atom. The first-order valence-electron chi connectivity index (χ1n) is 5.01. The van der Waals surface area contributed by atoms with Crippen LogP contribution in [-0.2, 0) is 0 Å². The Bertz CT molecular complexity index is 535. The number of rotatable bonds is 3. The van der Waals surface area contributed by atoms with Crippen molar-refractivity contribution in [3.8, 4) is 0 Å². The van der Waals surface area contributed by atoms with Crippen LogP contribution in [0.2, 0.25) is 0 Å². The monoisotopic (exact) mass is 228 g/mol. The molecule has 0 saturated heterocycles. The lowest BCUT2D eigenvalue weighted by Gasteiger charge is -1.91. The van der Waals surface area contributed by atoms with Crippen molar-refractivity contribution in [3.05, 3.63) is 70.5 Å². The highest BCUT2D eigenvalue weighted by Gasteiger charge is 2.02. The molecule has 84 valence electrons. The SMILES string of the molecule is O=[N+]([O-])c1ccc(/C=N/[n+]2ccccc2)cc1. The zero-order valence-corrected chi connectivity index (χ0v) is 8.93. The normalized spacial score (nSPS) is 10.6. The molecule has 0 atom stereocenters. The Balaban J connectivity index is 2.14. The molecule has 1 aromatic carbocycles. The van der Waals surface area contributed by atoms with E-state index in [0.29, 0.717) is 0 Å². The summed E-state index contributed by atoms with van der Waals surface area (Å²) >= 11 is 0. The average molecular weight is 228 g/mol. The van der Waals surface area contributed by atoms with Crippen LogP contribution in [0.5, 0.6) is 0 Å². The lowest BCUT2D eigenvalue weighted by molar-refractivity contribution is -0.678. The molecule has 0 aliphatic rings. The van der Waals surface area contributed by atoms with E-state index in [4.69, 9.17) is 0 Å². The number of hydrogen-bond donors (Lipinski definition) is 0. The van der Waals surface area contributed by atoms with Crippen LogP contribution in [0, 0.1) is 10.1 Å². The standard InChI is InChI=1S/C12H10N3O2/c16-15(17)12-6-4-11(5-7-12)10-13-14-8-2-1-3-9-14/h1-10H/q+1/b13-10+. The van der Waals surface area contributed by atoms with E-state index in [2.05, 4.69) is 5.10 Å². The maximum absolute atomic E-state index is 10.5. The Hall–Kier alpha value is -2.56. The highest BCUT2D eigenvalue weighted by atomic mass is 16.6. The summed E-state index contributed by atoms with van der Waals surface area (Å²) in [4.78, 5) is 10.0. The van der Waals surface area contributed by atoms with E-state index < -0.39 is 4.92 Å². The summed E-state index contributed by atoms with van der Waals surface area (Å²) in [7, 11) is 0. The van der Waals surface area contributed by atoms with Crippen molar-refractivity contribution in [2.24, 2.45) is 5.10 Å². The Morgan fingerprint density at radius 1 is 1.12 bits per heavy atom. The number of hydrogen-bond acceptors (Lipinski definition) is 3. The molecule has 0 bridgehead atoms. The van der Waals surface area contributed by atoms with Crippen LogP contribution in [0.15, 0.2) is 60.0 Å². The van der Waals surface area contributed by atoms with Gasteiger partial charge in [-0.3, -0.25) is 10.1 Å². The van der Waals surface area contributed by atoms with Crippen LogP contribution in [0.25, 0.3) is 0 Å². The summed E-state index contributed by atoms with van der Waals surface area (Å²) < 4.78 is 1.65. The lowest BCUT2D eigenvalue weighted by Crippen LogP contribution is -2.25. The smallest absolute Gasteiger partial charge is 0.258 e. The van der Waals surface area contributed by atoms with Crippen LogP contribution >= 0.6 is 0 Å². The Kier molecular flexibility index (Phi) is 3.20. The van der Waals surface area contributed by atoms with Crippen molar-refractivity contribution in [2.45, 2.75) is 0 Å². The highest BCUT2D eigenvalue weighted by Crippen LogP contribution is 2.10. The third kappa shape index (κ3) is 2.94. The zero-order valence-electron chi connectivity index (χ0n) is 8.93. The summed E-state index contributed by atoms with van der Waals surface area (Å²) in [5.74, 6) is 0. The maximum atomic E-state index is 10.5. The molecule has 2 aromatic rings. The molecule has 1 aromatic heterocycles. The van der Waals surface area contributed by atoms with E-state index in [1.54, 1.807) is 23.0 Å². The van der Waals surface area contributed by atoms with Gasteiger partial charge < -0.3 is 0 Å². The fourth-order valence-corrected chi connectivity index (χ4v) is 1.28. The molecule has 2 rings (SSSR count). The molecule has 5 heteroatoms. The molecular formula is C12H10N3O2+. The molecule has 0 N–H and O–H groups in total. The first-order chi connectivity index (χ1) is 8.25. The van der Waals surface area contributed by atoms with Crippen molar-refractivity contribution in [3.63, 3.8) is 0 Å². The number of nitrogens with zero attached hydrogens (tertiary/aromatic N) is 3. The molecule has 0 amide bonds. The van der Waals surface area contributed by atoms with Crippen molar-refractivity contribution < 1.29 is 9.60 Å². The third-order valence-electron chi connectivity index (χ3n) is 2.14. The molecule has 0 aliphatic heterocycles. The first kappa shape index (κ1) is 10.9. The second-order valence-electron chi connectivity index (χ2n) is 3.35. The fourth-order valence-electron chi connectivity index (χ4n) is 1.28. The van der Waals surface area contributed by atoms with Crippen molar-refractivity contribution in [1.29, 1.82) is 0 Å². The van der Waals surface area contributed by atoms with Crippen LogP contribution in [0.1, 0.15) is 5.56 Å². The van der Waals surface area contributed by atoms with E-state index >= 15 is 0 Å². The number of benzene rings is 1. The van der Waals surface area contributed by atoms with Gasteiger partial charge in [0.05, 0.1) is 4.92 Å². The van der Waals surface area contributed by atoms with Crippen molar-refractivity contribution in [1.82, 2.24) is 0 Å². The summed E-state index contributed by atoms with van der Waals surface area (Å²) in [6.07, 6.45) is 5.26. The van der Waals surface area contributed by atoms with Gasteiger partial charge >= 0.3 is 0 Å². The largest absolute Gasteiger partial charge is 0.269 e. The second-order valence-corrected chi connectivity index (χ2v) is 3.35. The maximum Gasteiger partial charge on any atom is 0.269 e. The molecule has 0 radical (unpaired) electrons. The fraction of sp³-hybridized carbons (Fsp3) is 0. The first-order valence-corrected chi connectivity index (χ1v) is 5.01. The quantitative estimate of drug-likeness (QED) is 0.348. The molecule has 5 nitrogen and oxygen atoms in total. The summed E-state index contributed by atoms with van der Waals surface area (Å²) in [6.45, 7) is 0. The summed E-state index contributed by atoms with van der Waals surface area (Å²) in [6, 6.07) is 11.9. The van der Waals surface area contributed by atoms with Crippen LogP contribution in [-0.4, -0.2) is 11.1 Å². The lowest BCUT2D eigenvalue weighted by atomic mass is 10.2. The van der Waals surface area contributed by atoms with E-state index in [0.717, 1.165) is 5.56 Å². The van der Waals surface area contributed by atoms with Gasteiger partial charge in [-0.2, -0.15) is 0 Å². The van der Waals surface area contributed by atoms with Crippen LogP contribution in [0.3, 0.4) is 0 Å². The Labute approximate surface area is 97.8 Å². The summed E-state index contributed by atoms with van der Waals surface area (Å²) in [5.41, 5.74) is 0.890. The minimum Gasteiger partial charge on any atom is -0.258 e. The molecule has 0 fully saturated rings. The third-order valence-corrected chi connectivity index (χ3v) is 2.14. The van der Waals surface area contributed by atoms with Gasteiger partial charge in [0.1, 0.15) is 6.21 Å². The number of non-ortho nitro benzene ring substituents is 1. The molecule has 0 aliphatic carbocycles. The van der Waals surface area contributed by atoms with Crippen molar-refractivity contribution in [2.75, 3.05) is 0 Å². The number of aromatic nitrogens is 1. The molecule has 17 heavy (non-hydrogen) atoms. The van der Waals surface area contributed by atoms with Gasteiger partial charge in [0.2, 0.25) is 12.4 Å². The predicted octanol–water partition coefficient (Wildman–Crippen LogP) is 1.76. The Morgan fingerprint density at radius 2 is 1.76 bits per heavy atom. The second kappa shape index (κ2) is 4.98. The predicted molar refractivity (Wildman–Crippen MR) is 62.7 cm³/mol. The van der Waals surface area contributed by atoms with Crippen LogP contribution < -0.4 is 4.68 Å². The van der Waals surface area contributed by atoms with Gasteiger partial charge in [-0.1, -0.05) is 10.7 Å². The molecule has 0 unspecified atom stereocenters. The number of nitro groups is 1. The highest BCUT2D eigenvalue weighted by molar-refractivity contribution is 5.79. The minimum absolute atomic E-state index is 0.0783. The number of pyridine rings is 1. The zero-order chi connectivity index (χ0) is 12.1. The van der Waals surface area contributed by atoms with E-state index in [1.165, 1.54) is 12.1 Å². The molecule has 0 spiro atoms. The summed E-state index contributed by atoms with van der Waals surface area (Å²) in [5, 5.41) is 14.6. The van der Waals surface area contributed by atoms with E-state index in [-0.39, 0.29) is 5.69 Å². The van der Waals surface area contributed by atoms with Gasteiger partial charge in [0.15, 0.2) is 0 Å². The van der Waals surface area contributed by atoms with Gasteiger partial charge in [0, 0.05) is 24.3 Å². The van der Waals surface area contributed by atoms with Gasteiger partial charge in [0.25, 0.3) is 5.69 Å². The molecular weight excluding hydrogens is 218 g/mol. The average Bonchev–Trinajstić information content (AvgIpc) is 2.38. The molecule has 1 heterocycles. The topological polar surface area (TPSA) is 59.4 Å². The van der Waals surface area contributed by atoms with Gasteiger partial charge in [-0.25, -0.2) is 0 Å². The van der Waals surface area contributed by atoms with E-state index in [9.17, 15) is 10.1 Å². The molecule has 0 saturated carbocycles. The van der Waals surface area contributed by atoms with E-state index in [1.807, 2.05) is 30.6 Å².